The second-order valence-electron chi connectivity index (χ2n) is 4.17. The molecule has 1 atom stereocenters. The highest BCUT2D eigenvalue weighted by Gasteiger charge is 2.21. The van der Waals surface area contributed by atoms with Crippen molar-refractivity contribution in [1.29, 1.82) is 0 Å². The van der Waals surface area contributed by atoms with Crippen LogP contribution in [0.25, 0.3) is 0 Å². The van der Waals surface area contributed by atoms with Crippen molar-refractivity contribution >= 4 is 0 Å². The van der Waals surface area contributed by atoms with E-state index in [0.717, 1.165) is 0 Å². The average molecular weight is 199 g/mol. The highest BCUT2D eigenvalue weighted by Crippen LogP contribution is 2.30. The van der Waals surface area contributed by atoms with Crippen molar-refractivity contribution < 1.29 is 0 Å². The zero-order valence-corrected chi connectivity index (χ0v) is 9.30. The molecule has 0 N–H and O–H groups in total. The molecule has 1 aromatic rings. The molecule has 0 saturated heterocycles. The Morgan fingerprint density at radius 1 is 1.00 bits per heavy atom. The van der Waals surface area contributed by atoms with Gasteiger partial charge < -0.3 is 4.90 Å². The summed E-state index contributed by atoms with van der Waals surface area (Å²) in [6.45, 7) is 0. The van der Waals surface area contributed by atoms with E-state index in [1.54, 1.807) is 0 Å². The Morgan fingerprint density at radius 2 is 1.60 bits per heavy atom. The van der Waals surface area contributed by atoms with Crippen LogP contribution in [0, 0.1) is 5.92 Å². The van der Waals surface area contributed by atoms with Crippen molar-refractivity contribution in [2.24, 2.45) is 5.92 Å². The number of rotatable bonds is 3. The quantitative estimate of drug-likeness (QED) is 0.723. The highest BCUT2D eigenvalue weighted by atomic mass is 15.1. The van der Waals surface area contributed by atoms with Crippen molar-refractivity contribution in [3.63, 3.8) is 0 Å². The third-order valence-corrected chi connectivity index (χ3v) is 2.84. The molecular weight excluding hydrogens is 182 g/mol. The number of hydrogen-bond donors (Lipinski definition) is 0. The van der Waals surface area contributed by atoms with Crippen molar-refractivity contribution in [1.82, 2.24) is 4.90 Å². The van der Waals surface area contributed by atoms with Gasteiger partial charge in [-0.25, -0.2) is 0 Å². The molecule has 0 radical (unpaired) electrons. The molecule has 0 bridgehead atoms. The van der Waals surface area contributed by atoms with Gasteiger partial charge in [-0.1, -0.05) is 54.6 Å². The van der Waals surface area contributed by atoms with Crippen molar-refractivity contribution in [3.8, 4) is 0 Å². The minimum Gasteiger partial charge on any atom is -0.301 e. The number of nitrogens with zero attached hydrogens (tertiary/aromatic N) is 1. The summed E-state index contributed by atoms with van der Waals surface area (Å²) < 4.78 is 0. The lowest BCUT2D eigenvalue weighted by Gasteiger charge is -2.28. The summed E-state index contributed by atoms with van der Waals surface area (Å²) >= 11 is 0. The normalized spacial score (nSPS) is 17.5. The van der Waals surface area contributed by atoms with Gasteiger partial charge in [0.2, 0.25) is 0 Å². The second-order valence-corrected chi connectivity index (χ2v) is 4.17. The molecular formula is C14H17N. The summed E-state index contributed by atoms with van der Waals surface area (Å²) in [4.78, 5) is 2.28. The maximum absolute atomic E-state index is 2.28. The average Bonchev–Trinajstić information content (AvgIpc) is 2.72. The minimum absolute atomic E-state index is 0.446. The lowest BCUT2D eigenvalue weighted by atomic mass is 9.93. The molecule has 1 aromatic carbocycles. The molecule has 0 fully saturated rings. The molecule has 0 heterocycles. The van der Waals surface area contributed by atoms with E-state index in [4.69, 9.17) is 0 Å². The Balaban J connectivity index is 2.28. The zero-order chi connectivity index (χ0) is 10.7. The Kier molecular flexibility index (Phi) is 3.02. The monoisotopic (exact) mass is 199 g/mol. The first-order valence-corrected chi connectivity index (χ1v) is 5.35. The fourth-order valence-electron chi connectivity index (χ4n) is 2.17. The van der Waals surface area contributed by atoms with Gasteiger partial charge in [0.15, 0.2) is 0 Å². The van der Waals surface area contributed by atoms with Gasteiger partial charge in [0.05, 0.1) is 0 Å². The van der Waals surface area contributed by atoms with Crippen LogP contribution in [0.3, 0.4) is 0 Å². The zero-order valence-electron chi connectivity index (χ0n) is 9.30. The molecule has 78 valence electrons. The van der Waals surface area contributed by atoms with E-state index in [-0.39, 0.29) is 0 Å². The standard InChI is InChI=1S/C14H17N/c1-15(2)14(13-10-6-7-11-13)12-8-4-3-5-9-12/h3-11,13-14H,1-2H3/t14-/m1/s1. The molecule has 1 aliphatic rings. The van der Waals surface area contributed by atoms with Gasteiger partial charge in [-0.15, -0.1) is 0 Å². The van der Waals surface area contributed by atoms with Gasteiger partial charge >= 0.3 is 0 Å². The van der Waals surface area contributed by atoms with Gasteiger partial charge in [-0.2, -0.15) is 0 Å². The van der Waals surface area contributed by atoms with Crippen LogP contribution in [-0.4, -0.2) is 19.0 Å². The first-order valence-electron chi connectivity index (χ1n) is 5.35. The summed E-state index contributed by atoms with van der Waals surface area (Å²) in [6, 6.07) is 11.1. The van der Waals surface area contributed by atoms with Gasteiger partial charge in [0, 0.05) is 12.0 Å². The molecule has 1 nitrogen and oxygen atoms in total. The molecule has 0 spiro atoms. The Labute approximate surface area is 91.7 Å². The summed E-state index contributed by atoms with van der Waals surface area (Å²) in [5.41, 5.74) is 1.38. The molecule has 1 heteroatoms. The molecule has 0 saturated carbocycles. The van der Waals surface area contributed by atoms with Crippen LogP contribution in [0.1, 0.15) is 11.6 Å². The molecule has 0 amide bonds. The first-order chi connectivity index (χ1) is 7.29. The molecule has 2 rings (SSSR count). The summed E-state index contributed by atoms with van der Waals surface area (Å²) in [6.07, 6.45) is 8.78. The Hall–Kier alpha value is -1.34. The van der Waals surface area contributed by atoms with Crippen LogP contribution >= 0.6 is 0 Å². The largest absolute Gasteiger partial charge is 0.301 e. The van der Waals surface area contributed by atoms with Crippen molar-refractivity contribution in [2.45, 2.75) is 6.04 Å². The van der Waals surface area contributed by atoms with Gasteiger partial charge in [-0.05, 0) is 19.7 Å². The van der Waals surface area contributed by atoms with Crippen LogP contribution in [0.5, 0.6) is 0 Å². The topological polar surface area (TPSA) is 3.24 Å². The lowest BCUT2D eigenvalue weighted by molar-refractivity contribution is 0.267. The fraction of sp³-hybridized carbons (Fsp3) is 0.286. The van der Waals surface area contributed by atoms with Crippen LogP contribution in [0.2, 0.25) is 0 Å². The fourth-order valence-corrected chi connectivity index (χ4v) is 2.17. The predicted octanol–water partition coefficient (Wildman–Crippen LogP) is 3.03. The van der Waals surface area contributed by atoms with E-state index in [2.05, 4.69) is 73.6 Å². The van der Waals surface area contributed by atoms with E-state index in [9.17, 15) is 0 Å². The van der Waals surface area contributed by atoms with E-state index in [1.165, 1.54) is 5.56 Å². The predicted molar refractivity (Wildman–Crippen MR) is 64.6 cm³/mol. The minimum atomic E-state index is 0.446. The number of benzene rings is 1. The Morgan fingerprint density at radius 3 is 2.13 bits per heavy atom. The summed E-state index contributed by atoms with van der Waals surface area (Å²) in [5.74, 6) is 0.502. The van der Waals surface area contributed by atoms with Crippen molar-refractivity contribution in [2.75, 3.05) is 14.1 Å². The highest BCUT2D eigenvalue weighted by molar-refractivity contribution is 5.27. The first kappa shape index (κ1) is 10.2. The lowest BCUT2D eigenvalue weighted by Crippen LogP contribution is -2.25. The van der Waals surface area contributed by atoms with E-state index in [0.29, 0.717) is 12.0 Å². The molecule has 0 aromatic heterocycles. The summed E-state index contributed by atoms with van der Waals surface area (Å²) in [5, 5.41) is 0. The number of allylic oxidation sites excluding steroid dienone is 2. The molecule has 1 aliphatic carbocycles. The maximum Gasteiger partial charge on any atom is 0.0439 e. The number of hydrogen-bond acceptors (Lipinski definition) is 1. The van der Waals surface area contributed by atoms with Crippen LogP contribution in [0.4, 0.5) is 0 Å². The van der Waals surface area contributed by atoms with E-state index >= 15 is 0 Å². The second kappa shape index (κ2) is 4.45. The van der Waals surface area contributed by atoms with Crippen LogP contribution in [0.15, 0.2) is 54.6 Å². The Bertz CT molecular complexity index is 350. The third kappa shape index (κ3) is 2.18. The van der Waals surface area contributed by atoms with E-state index < -0.39 is 0 Å². The van der Waals surface area contributed by atoms with E-state index in [1.807, 2.05) is 0 Å². The van der Waals surface area contributed by atoms with Gasteiger partial charge in [0.1, 0.15) is 0 Å². The third-order valence-electron chi connectivity index (χ3n) is 2.84. The van der Waals surface area contributed by atoms with Gasteiger partial charge in [-0.3, -0.25) is 0 Å². The van der Waals surface area contributed by atoms with Crippen LogP contribution in [-0.2, 0) is 0 Å². The smallest absolute Gasteiger partial charge is 0.0439 e. The molecule has 15 heavy (non-hydrogen) atoms. The van der Waals surface area contributed by atoms with Crippen molar-refractivity contribution in [3.05, 3.63) is 60.2 Å². The summed E-state index contributed by atoms with van der Waals surface area (Å²) in [7, 11) is 4.27. The molecule has 0 aliphatic heterocycles. The van der Waals surface area contributed by atoms with Crippen LogP contribution < -0.4 is 0 Å². The maximum atomic E-state index is 2.28. The van der Waals surface area contributed by atoms with Gasteiger partial charge in [0.25, 0.3) is 0 Å². The SMILES string of the molecule is CN(C)[C@H](c1ccccc1)C1C=CC=C1. The molecule has 0 unspecified atom stereocenters.